The highest BCUT2D eigenvalue weighted by Gasteiger charge is 2.15. The van der Waals surface area contributed by atoms with E-state index < -0.39 is 5.97 Å². The predicted molar refractivity (Wildman–Crippen MR) is 100 cm³/mol. The third-order valence-corrected chi connectivity index (χ3v) is 3.51. The van der Waals surface area contributed by atoms with Crippen LogP contribution in [0.15, 0.2) is 48.5 Å². The zero-order valence-corrected chi connectivity index (χ0v) is 15.8. The molecule has 26 heavy (non-hydrogen) atoms. The molecular formula is C20H22ClNO4. The van der Waals surface area contributed by atoms with Gasteiger partial charge in [-0.05, 0) is 62.7 Å². The van der Waals surface area contributed by atoms with Gasteiger partial charge >= 0.3 is 5.97 Å². The molecule has 0 aliphatic carbocycles. The number of nitrogens with one attached hydrogen (secondary N) is 1. The van der Waals surface area contributed by atoms with Crippen LogP contribution in [0, 0.1) is 0 Å². The first-order chi connectivity index (χ1) is 12.2. The van der Waals surface area contributed by atoms with Gasteiger partial charge in [0.1, 0.15) is 12.4 Å². The molecule has 0 bridgehead atoms. The molecule has 0 fully saturated rings. The molecule has 0 aliphatic heterocycles. The van der Waals surface area contributed by atoms with E-state index in [1.807, 2.05) is 20.8 Å². The van der Waals surface area contributed by atoms with E-state index in [0.717, 1.165) is 5.56 Å². The maximum atomic E-state index is 12.0. The van der Waals surface area contributed by atoms with Gasteiger partial charge in [-0.15, -0.1) is 0 Å². The van der Waals surface area contributed by atoms with Gasteiger partial charge in [0.25, 0.3) is 5.91 Å². The van der Waals surface area contributed by atoms with Crippen molar-refractivity contribution in [3.05, 3.63) is 64.7 Å². The van der Waals surface area contributed by atoms with Crippen molar-refractivity contribution >= 4 is 23.5 Å². The number of esters is 1. The molecule has 6 heteroatoms. The molecule has 1 amide bonds. The molecule has 0 radical (unpaired) electrons. The number of carbonyl (C=O) groups excluding carboxylic acids is 2. The molecule has 0 heterocycles. The minimum Gasteiger partial charge on any atom is -0.489 e. The van der Waals surface area contributed by atoms with E-state index >= 15 is 0 Å². The van der Waals surface area contributed by atoms with Crippen LogP contribution in [-0.2, 0) is 16.1 Å². The van der Waals surface area contributed by atoms with Gasteiger partial charge in [0.15, 0.2) is 6.61 Å². The molecule has 0 spiro atoms. The highest BCUT2D eigenvalue weighted by Crippen LogP contribution is 2.17. The van der Waals surface area contributed by atoms with Gasteiger partial charge < -0.3 is 14.8 Å². The average Bonchev–Trinajstić information content (AvgIpc) is 2.58. The van der Waals surface area contributed by atoms with Crippen molar-refractivity contribution in [3.8, 4) is 5.75 Å². The van der Waals surface area contributed by atoms with Crippen LogP contribution in [0.25, 0.3) is 0 Å². The summed E-state index contributed by atoms with van der Waals surface area (Å²) in [5.74, 6) is -0.166. The fourth-order valence-electron chi connectivity index (χ4n) is 2.10. The maximum absolute atomic E-state index is 12.0. The zero-order chi connectivity index (χ0) is 19.2. The van der Waals surface area contributed by atoms with Crippen LogP contribution in [0.4, 0.5) is 0 Å². The molecule has 138 valence electrons. The standard InChI is InChI=1S/C20H22ClNO4/c1-20(2,3)22-18(23)13-26-19(24)15-6-4-14(5-7-15)12-25-17-10-8-16(21)9-11-17/h4-11H,12-13H2,1-3H3,(H,22,23). The molecule has 0 saturated heterocycles. The molecule has 0 saturated carbocycles. The Morgan fingerprint density at radius 3 is 2.19 bits per heavy atom. The number of hydrogen-bond donors (Lipinski definition) is 1. The highest BCUT2D eigenvalue weighted by molar-refractivity contribution is 6.30. The lowest BCUT2D eigenvalue weighted by Crippen LogP contribution is -2.42. The van der Waals surface area contributed by atoms with E-state index in [0.29, 0.717) is 22.9 Å². The lowest BCUT2D eigenvalue weighted by molar-refractivity contribution is -0.125. The molecule has 0 unspecified atom stereocenters. The van der Waals surface area contributed by atoms with Crippen LogP contribution in [-0.4, -0.2) is 24.0 Å². The summed E-state index contributed by atoms with van der Waals surface area (Å²) in [6.07, 6.45) is 0. The van der Waals surface area contributed by atoms with Crippen molar-refractivity contribution in [2.45, 2.75) is 32.9 Å². The van der Waals surface area contributed by atoms with E-state index in [9.17, 15) is 9.59 Å². The predicted octanol–water partition coefficient (Wildman–Crippen LogP) is 3.99. The van der Waals surface area contributed by atoms with Crippen molar-refractivity contribution in [1.29, 1.82) is 0 Å². The summed E-state index contributed by atoms with van der Waals surface area (Å²) in [4.78, 5) is 23.7. The van der Waals surface area contributed by atoms with Crippen LogP contribution in [0.3, 0.4) is 0 Å². The Labute approximate surface area is 158 Å². The fourth-order valence-corrected chi connectivity index (χ4v) is 2.23. The topological polar surface area (TPSA) is 64.6 Å². The Morgan fingerprint density at radius 1 is 1.00 bits per heavy atom. The molecule has 2 aromatic carbocycles. The van der Waals surface area contributed by atoms with E-state index in [-0.39, 0.29) is 18.1 Å². The monoisotopic (exact) mass is 375 g/mol. The van der Waals surface area contributed by atoms with Crippen molar-refractivity contribution in [2.24, 2.45) is 0 Å². The number of hydrogen-bond acceptors (Lipinski definition) is 4. The highest BCUT2D eigenvalue weighted by atomic mass is 35.5. The molecule has 0 atom stereocenters. The zero-order valence-electron chi connectivity index (χ0n) is 15.0. The SMILES string of the molecule is CC(C)(C)NC(=O)COC(=O)c1ccc(COc2ccc(Cl)cc2)cc1. The van der Waals surface area contributed by atoms with Gasteiger partial charge in [0.2, 0.25) is 0 Å². The number of rotatable bonds is 6. The van der Waals surface area contributed by atoms with Gasteiger partial charge in [0.05, 0.1) is 5.56 Å². The Kier molecular flexibility index (Phi) is 6.64. The lowest BCUT2D eigenvalue weighted by atomic mass is 10.1. The van der Waals surface area contributed by atoms with Gasteiger partial charge in [-0.25, -0.2) is 4.79 Å². The average molecular weight is 376 g/mol. The van der Waals surface area contributed by atoms with Crippen LogP contribution < -0.4 is 10.1 Å². The number of ether oxygens (including phenoxy) is 2. The second kappa shape index (κ2) is 8.72. The Morgan fingerprint density at radius 2 is 1.62 bits per heavy atom. The van der Waals surface area contributed by atoms with Gasteiger partial charge in [0, 0.05) is 10.6 Å². The smallest absolute Gasteiger partial charge is 0.338 e. The summed E-state index contributed by atoms with van der Waals surface area (Å²) in [6, 6.07) is 13.9. The van der Waals surface area contributed by atoms with Crippen LogP contribution in [0.2, 0.25) is 5.02 Å². The Hall–Kier alpha value is -2.53. The van der Waals surface area contributed by atoms with Gasteiger partial charge in [-0.3, -0.25) is 4.79 Å². The molecule has 2 aromatic rings. The summed E-state index contributed by atoms with van der Waals surface area (Å²) in [6.45, 7) is 5.63. The summed E-state index contributed by atoms with van der Waals surface area (Å²) in [5.41, 5.74) is 0.917. The third-order valence-electron chi connectivity index (χ3n) is 3.26. The Bertz CT molecular complexity index is 749. The second-order valence-electron chi connectivity index (χ2n) is 6.81. The first kappa shape index (κ1) is 19.8. The number of carbonyl (C=O) groups is 2. The molecule has 5 nitrogen and oxygen atoms in total. The van der Waals surface area contributed by atoms with E-state index in [1.54, 1.807) is 48.5 Å². The largest absolute Gasteiger partial charge is 0.489 e. The van der Waals surface area contributed by atoms with Crippen LogP contribution in [0.5, 0.6) is 5.75 Å². The van der Waals surface area contributed by atoms with E-state index in [4.69, 9.17) is 21.1 Å². The van der Waals surface area contributed by atoms with Crippen LogP contribution >= 0.6 is 11.6 Å². The number of benzene rings is 2. The minimum atomic E-state index is -0.542. The van der Waals surface area contributed by atoms with Gasteiger partial charge in [-0.2, -0.15) is 0 Å². The van der Waals surface area contributed by atoms with Gasteiger partial charge in [-0.1, -0.05) is 23.7 Å². The lowest BCUT2D eigenvalue weighted by Gasteiger charge is -2.20. The molecule has 0 aliphatic rings. The maximum Gasteiger partial charge on any atom is 0.338 e. The summed E-state index contributed by atoms with van der Waals surface area (Å²) >= 11 is 5.83. The quantitative estimate of drug-likeness (QED) is 0.775. The minimum absolute atomic E-state index is 0.308. The first-order valence-electron chi connectivity index (χ1n) is 8.18. The van der Waals surface area contributed by atoms with Crippen molar-refractivity contribution in [1.82, 2.24) is 5.32 Å². The van der Waals surface area contributed by atoms with Crippen molar-refractivity contribution in [2.75, 3.05) is 6.61 Å². The Balaban J connectivity index is 1.83. The summed E-state index contributed by atoms with van der Waals surface area (Å²) in [5, 5.41) is 3.38. The first-order valence-corrected chi connectivity index (χ1v) is 8.56. The van der Waals surface area contributed by atoms with E-state index in [2.05, 4.69) is 5.32 Å². The molecular weight excluding hydrogens is 354 g/mol. The second-order valence-corrected chi connectivity index (χ2v) is 7.25. The number of halogens is 1. The van der Waals surface area contributed by atoms with E-state index in [1.165, 1.54) is 0 Å². The number of amides is 1. The fraction of sp³-hybridized carbons (Fsp3) is 0.300. The molecule has 0 aromatic heterocycles. The summed E-state index contributed by atoms with van der Waals surface area (Å²) in [7, 11) is 0. The van der Waals surface area contributed by atoms with Crippen molar-refractivity contribution in [3.63, 3.8) is 0 Å². The normalized spacial score (nSPS) is 10.9. The molecule has 1 N–H and O–H groups in total. The summed E-state index contributed by atoms with van der Waals surface area (Å²) < 4.78 is 10.7. The van der Waals surface area contributed by atoms with Crippen molar-refractivity contribution < 1.29 is 19.1 Å². The molecule has 2 rings (SSSR count). The van der Waals surface area contributed by atoms with Crippen LogP contribution in [0.1, 0.15) is 36.7 Å². The third kappa shape index (κ3) is 6.76.